The van der Waals surface area contributed by atoms with Gasteiger partial charge in [0.05, 0.1) is 5.69 Å². The average molecular weight is 408 g/mol. The molecule has 0 unspecified atom stereocenters. The van der Waals surface area contributed by atoms with Gasteiger partial charge < -0.3 is 10.6 Å². The van der Waals surface area contributed by atoms with E-state index in [0.29, 0.717) is 21.4 Å². The number of aromatic nitrogens is 3. The third-order valence-corrected chi connectivity index (χ3v) is 4.84. The molecule has 0 aliphatic rings. The van der Waals surface area contributed by atoms with Crippen LogP contribution in [-0.4, -0.2) is 20.2 Å². The van der Waals surface area contributed by atoms with Gasteiger partial charge >= 0.3 is 0 Å². The molecule has 4 rings (SSSR count). The molecule has 0 saturated carbocycles. The average Bonchev–Trinajstić information content (AvgIpc) is 3.18. The lowest BCUT2D eigenvalue weighted by atomic mass is 10.1. The van der Waals surface area contributed by atoms with Crippen LogP contribution in [0.25, 0.3) is 11.3 Å². The fourth-order valence-corrected chi connectivity index (χ4v) is 3.28. The predicted molar refractivity (Wildman–Crippen MR) is 112 cm³/mol. The predicted octanol–water partition coefficient (Wildman–Crippen LogP) is 5.25. The van der Waals surface area contributed by atoms with Gasteiger partial charge in [-0.1, -0.05) is 23.7 Å². The van der Waals surface area contributed by atoms with Crippen LogP contribution in [0.15, 0.2) is 73.2 Å². The Morgan fingerprint density at radius 2 is 1.79 bits per heavy atom. The van der Waals surface area contributed by atoms with Gasteiger partial charge in [-0.2, -0.15) is 4.37 Å². The molecular formula is C20H14ClN5OS. The van der Waals surface area contributed by atoms with Gasteiger partial charge in [0.2, 0.25) is 0 Å². The third-order valence-electron chi connectivity index (χ3n) is 3.89. The van der Waals surface area contributed by atoms with Crippen molar-refractivity contribution in [2.75, 3.05) is 10.6 Å². The van der Waals surface area contributed by atoms with Crippen molar-refractivity contribution in [1.29, 1.82) is 0 Å². The Bertz CT molecular complexity index is 1080. The van der Waals surface area contributed by atoms with E-state index in [1.54, 1.807) is 24.4 Å². The van der Waals surface area contributed by atoms with E-state index in [1.807, 2.05) is 42.5 Å². The van der Waals surface area contributed by atoms with Gasteiger partial charge in [0.1, 0.15) is 17.1 Å². The first-order chi connectivity index (χ1) is 13.7. The minimum atomic E-state index is -0.195. The van der Waals surface area contributed by atoms with E-state index < -0.39 is 0 Å². The van der Waals surface area contributed by atoms with Gasteiger partial charge in [-0.05, 0) is 54.0 Å². The molecule has 0 spiro atoms. The van der Waals surface area contributed by atoms with Gasteiger partial charge in [-0.15, -0.1) is 0 Å². The van der Waals surface area contributed by atoms with Crippen molar-refractivity contribution in [3.8, 4) is 11.3 Å². The monoisotopic (exact) mass is 407 g/mol. The zero-order valence-corrected chi connectivity index (χ0v) is 16.0. The van der Waals surface area contributed by atoms with Crippen LogP contribution in [0.3, 0.4) is 0 Å². The minimum absolute atomic E-state index is 0.195. The summed E-state index contributed by atoms with van der Waals surface area (Å²) in [5.41, 5.74) is 3.12. The lowest BCUT2D eigenvalue weighted by Gasteiger charge is -2.06. The van der Waals surface area contributed by atoms with E-state index in [1.165, 1.54) is 17.9 Å². The van der Waals surface area contributed by atoms with E-state index in [2.05, 4.69) is 25.0 Å². The molecule has 4 aromatic rings. The molecule has 0 bridgehead atoms. The highest BCUT2D eigenvalue weighted by Gasteiger charge is 2.10. The Kier molecular flexibility index (Phi) is 5.27. The largest absolute Gasteiger partial charge is 0.340 e. The number of amides is 1. The number of carbonyl (C=O) groups excluding carboxylic acids is 1. The molecule has 138 valence electrons. The van der Waals surface area contributed by atoms with Gasteiger partial charge in [0.25, 0.3) is 5.91 Å². The zero-order valence-electron chi connectivity index (χ0n) is 14.5. The van der Waals surface area contributed by atoms with E-state index in [-0.39, 0.29) is 5.91 Å². The van der Waals surface area contributed by atoms with E-state index in [9.17, 15) is 4.79 Å². The quantitative estimate of drug-likeness (QED) is 0.472. The maximum absolute atomic E-state index is 12.5. The van der Waals surface area contributed by atoms with Crippen molar-refractivity contribution >= 4 is 45.5 Å². The van der Waals surface area contributed by atoms with Crippen LogP contribution in [0.4, 0.5) is 16.5 Å². The van der Waals surface area contributed by atoms with Crippen LogP contribution in [0.2, 0.25) is 5.02 Å². The van der Waals surface area contributed by atoms with Crippen LogP contribution in [0, 0.1) is 0 Å². The molecule has 0 atom stereocenters. The first-order valence-corrected chi connectivity index (χ1v) is 9.50. The molecule has 0 aliphatic carbocycles. The summed E-state index contributed by atoms with van der Waals surface area (Å²) < 4.78 is 4.39. The molecule has 0 saturated heterocycles. The standard InChI is InChI=1S/C20H14ClN5OS/c21-15-5-1-13(2-6-15)17-11-19(28-26-17)25-20(27)14-3-7-16(8-4-14)24-18-9-10-22-12-23-18/h1-12H,(H,25,27)(H,22,23,24). The fourth-order valence-electron chi connectivity index (χ4n) is 2.49. The Hall–Kier alpha value is -3.29. The summed E-state index contributed by atoms with van der Waals surface area (Å²) >= 11 is 7.15. The van der Waals surface area contributed by atoms with Crippen LogP contribution in [0.5, 0.6) is 0 Å². The molecule has 2 aromatic carbocycles. The number of hydrogen-bond donors (Lipinski definition) is 2. The Morgan fingerprint density at radius 1 is 1.00 bits per heavy atom. The summed E-state index contributed by atoms with van der Waals surface area (Å²) in [6.07, 6.45) is 3.13. The summed E-state index contributed by atoms with van der Waals surface area (Å²) in [7, 11) is 0. The molecular weight excluding hydrogens is 394 g/mol. The number of nitrogens with zero attached hydrogens (tertiary/aromatic N) is 3. The van der Waals surface area contributed by atoms with Crippen LogP contribution in [0.1, 0.15) is 10.4 Å². The highest BCUT2D eigenvalue weighted by Crippen LogP contribution is 2.27. The highest BCUT2D eigenvalue weighted by atomic mass is 35.5. The number of benzene rings is 2. The van der Waals surface area contributed by atoms with Gasteiger partial charge in [0.15, 0.2) is 0 Å². The van der Waals surface area contributed by atoms with Crippen molar-refractivity contribution in [3.63, 3.8) is 0 Å². The second kappa shape index (κ2) is 8.16. The molecule has 28 heavy (non-hydrogen) atoms. The van der Waals surface area contributed by atoms with Crippen molar-refractivity contribution in [2.24, 2.45) is 0 Å². The lowest BCUT2D eigenvalue weighted by molar-refractivity contribution is 0.102. The smallest absolute Gasteiger partial charge is 0.256 e. The number of hydrogen-bond acceptors (Lipinski definition) is 6. The number of halogens is 1. The number of anilines is 3. The first kappa shape index (κ1) is 18.1. The molecule has 8 heteroatoms. The van der Waals surface area contributed by atoms with E-state index in [4.69, 9.17) is 11.6 Å². The normalized spacial score (nSPS) is 10.5. The number of rotatable bonds is 5. The highest BCUT2D eigenvalue weighted by molar-refractivity contribution is 7.10. The minimum Gasteiger partial charge on any atom is -0.340 e. The van der Waals surface area contributed by atoms with Gasteiger partial charge in [-0.3, -0.25) is 4.79 Å². The molecule has 0 fully saturated rings. The van der Waals surface area contributed by atoms with Gasteiger partial charge in [0, 0.05) is 34.1 Å². The van der Waals surface area contributed by atoms with Crippen molar-refractivity contribution < 1.29 is 4.79 Å². The Balaban J connectivity index is 1.42. The SMILES string of the molecule is O=C(Nc1cc(-c2ccc(Cl)cc2)ns1)c1ccc(Nc2ccncn2)cc1. The number of nitrogens with one attached hydrogen (secondary N) is 2. The molecule has 0 aliphatic heterocycles. The number of carbonyl (C=O) groups is 1. The first-order valence-electron chi connectivity index (χ1n) is 8.34. The maximum atomic E-state index is 12.5. The third kappa shape index (κ3) is 4.33. The molecule has 1 amide bonds. The Labute approximate surface area is 170 Å². The van der Waals surface area contributed by atoms with Crippen LogP contribution in [-0.2, 0) is 0 Å². The summed E-state index contributed by atoms with van der Waals surface area (Å²) in [6, 6.07) is 18.2. The van der Waals surface area contributed by atoms with Gasteiger partial charge in [-0.25, -0.2) is 9.97 Å². The van der Waals surface area contributed by atoms with Crippen LogP contribution >= 0.6 is 23.1 Å². The molecule has 2 N–H and O–H groups in total. The lowest BCUT2D eigenvalue weighted by Crippen LogP contribution is -2.10. The van der Waals surface area contributed by atoms with Crippen molar-refractivity contribution in [2.45, 2.75) is 0 Å². The maximum Gasteiger partial charge on any atom is 0.256 e. The summed E-state index contributed by atoms with van der Waals surface area (Å²) in [4.78, 5) is 20.5. The van der Waals surface area contributed by atoms with E-state index >= 15 is 0 Å². The van der Waals surface area contributed by atoms with Crippen molar-refractivity contribution in [3.05, 3.63) is 83.8 Å². The summed E-state index contributed by atoms with van der Waals surface area (Å²) in [5, 5.41) is 7.37. The van der Waals surface area contributed by atoms with Crippen LogP contribution < -0.4 is 10.6 Å². The Morgan fingerprint density at radius 3 is 2.50 bits per heavy atom. The second-order valence-electron chi connectivity index (χ2n) is 5.83. The molecule has 6 nitrogen and oxygen atoms in total. The van der Waals surface area contributed by atoms with E-state index in [0.717, 1.165) is 16.9 Å². The summed E-state index contributed by atoms with van der Waals surface area (Å²) in [5.74, 6) is 0.492. The van der Waals surface area contributed by atoms with Crippen molar-refractivity contribution in [1.82, 2.24) is 14.3 Å². The molecule has 2 heterocycles. The zero-order chi connectivity index (χ0) is 19.3. The summed E-state index contributed by atoms with van der Waals surface area (Å²) in [6.45, 7) is 0. The topological polar surface area (TPSA) is 79.8 Å². The molecule has 0 radical (unpaired) electrons. The second-order valence-corrected chi connectivity index (χ2v) is 7.08. The molecule has 2 aromatic heterocycles. The fraction of sp³-hybridized carbons (Fsp3) is 0.